The SMILES string of the molecule is CCC(c1ccncc1)N(C)C(=O)OC(C)(C)C. The fourth-order valence-corrected chi connectivity index (χ4v) is 1.78. The third-order valence-electron chi connectivity index (χ3n) is 2.63. The molecule has 1 aromatic heterocycles. The van der Waals surface area contributed by atoms with Gasteiger partial charge in [0, 0.05) is 19.4 Å². The van der Waals surface area contributed by atoms with Gasteiger partial charge in [0.15, 0.2) is 0 Å². The summed E-state index contributed by atoms with van der Waals surface area (Å²) in [7, 11) is 1.77. The van der Waals surface area contributed by atoms with Gasteiger partial charge in [-0.2, -0.15) is 0 Å². The molecule has 4 heteroatoms. The minimum atomic E-state index is -0.470. The maximum Gasteiger partial charge on any atom is 0.410 e. The second-order valence-corrected chi connectivity index (χ2v) is 5.30. The van der Waals surface area contributed by atoms with Gasteiger partial charge in [-0.05, 0) is 44.9 Å². The number of nitrogens with zero attached hydrogens (tertiary/aromatic N) is 2. The van der Waals surface area contributed by atoms with Crippen LogP contribution in [0.4, 0.5) is 4.79 Å². The highest BCUT2D eigenvalue weighted by atomic mass is 16.6. The van der Waals surface area contributed by atoms with Crippen LogP contribution in [0, 0.1) is 0 Å². The molecule has 0 fully saturated rings. The Balaban J connectivity index is 2.80. The molecule has 0 radical (unpaired) electrons. The standard InChI is InChI=1S/C14H22N2O2/c1-6-12(11-7-9-15-10-8-11)16(5)13(17)18-14(2,3)4/h7-10,12H,6H2,1-5H3. The van der Waals surface area contributed by atoms with Crippen molar-refractivity contribution in [2.45, 2.75) is 45.8 Å². The van der Waals surface area contributed by atoms with E-state index in [4.69, 9.17) is 4.74 Å². The smallest absolute Gasteiger partial charge is 0.410 e. The van der Waals surface area contributed by atoms with E-state index in [9.17, 15) is 4.79 Å². The normalized spacial score (nSPS) is 12.9. The van der Waals surface area contributed by atoms with Crippen LogP contribution in [0.25, 0.3) is 0 Å². The predicted molar refractivity (Wildman–Crippen MR) is 71.3 cm³/mol. The molecule has 0 aliphatic rings. The van der Waals surface area contributed by atoms with Gasteiger partial charge in [-0.3, -0.25) is 4.98 Å². The Morgan fingerprint density at radius 2 is 1.94 bits per heavy atom. The highest BCUT2D eigenvalue weighted by Gasteiger charge is 2.25. The molecule has 1 atom stereocenters. The number of pyridine rings is 1. The van der Waals surface area contributed by atoms with Crippen LogP contribution in [0.5, 0.6) is 0 Å². The zero-order valence-corrected chi connectivity index (χ0v) is 11.8. The molecule has 1 amide bonds. The first kappa shape index (κ1) is 14.5. The molecule has 1 unspecified atom stereocenters. The van der Waals surface area contributed by atoms with Crippen molar-refractivity contribution in [2.75, 3.05) is 7.05 Å². The molecule has 1 aromatic rings. The number of aromatic nitrogens is 1. The van der Waals surface area contributed by atoms with Crippen molar-refractivity contribution in [1.82, 2.24) is 9.88 Å². The first-order valence-corrected chi connectivity index (χ1v) is 6.21. The highest BCUT2D eigenvalue weighted by Crippen LogP contribution is 2.24. The summed E-state index contributed by atoms with van der Waals surface area (Å²) in [4.78, 5) is 17.7. The quantitative estimate of drug-likeness (QED) is 0.825. The van der Waals surface area contributed by atoms with Crippen molar-refractivity contribution in [3.05, 3.63) is 30.1 Å². The Morgan fingerprint density at radius 3 is 2.39 bits per heavy atom. The maximum atomic E-state index is 12.0. The van der Waals surface area contributed by atoms with Gasteiger partial charge in [-0.1, -0.05) is 6.92 Å². The molecule has 100 valence electrons. The molecular formula is C14H22N2O2. The van der Waals surface area contributed by atoms with Crippen molar-refractivity contribution < 1.29 is 9.53 Å². The average Bonchev–Trinajstić information content (AvgIpc) is 2.29. The van der Waals surface area contributed by atoms with E-state index < -0.39 is 5.60 Å². The summed E-state index contributed by atoms with van der Waals surface area (Å²) < 4.78 is 5.38. The van der Waals surface area contributed by atoms with Crippen LogP contribution < -0.4 is 0 Å². The molecule has 1 rings (SSSR count). The summed E-state index contributed by atoms with van der Waals surface area (Å²) in [6, 6.07) is 3.87. The average molecular weight is 250 g/mol. The molecule has 0 N–H and O–H groups in total. The van der Waals surface area contributed by atoms with Gasteiger partial charge < -0.3 is 9.64 Å². The van der Waals surface area contributed by atoms with Crippen LogP contribution in [0.15, 0.2) is 24.5 Å². The van der Waals surface area contributed by atoms with Gasteiger partial charge in [0.1, 0.15) is 5.60 Å². The van der Waals surface area contributed by atoms with E-state index in [2.05, 4.69) is 4.98 Å². The van der Waals surface area contributed by atoms with Gasteiger partial charge in [0.2, 0.25) is 0 Å². The number of rotatable bonds is 3. The summed E-state index contributed by atoms with van der Waals surface area (Å²) in [5, 5.41) is 0. The van der Waals surface area contributed by atoms with Crippen LogP contribution in [-0.2, 0) is 4.74 Å². The van der Waals surface area contributed by atoms with Crippen LogP contribution in [0.1, 0.15) is 45.7 Å². The van der Waals surface area contributed by atoms with E-state index in [1.54, 1.807) is 24.3 Å². The van der Waals surface area contributed by atoms with Crippen LogP contribution in [0.3, 0.4) is 0 Å². The molecule has 0 spiro atoms. The molecule has 0 saturated carbocycles. The minimum Gasteiger partial charge on any atom is -0.444 e. The molecule has 4 nitrogen and oxygen atoms in total. The Labute approximate surface area is 109 Å². The molecule has 18 heavy (non-hydrogen) atoms. The Kier molecular flexibility index (Phi) is 4.70. The molecule has 0 aliphatic carbocycles. The van der Waals surface area contributed by atoms with E-state index in [1.807, 2.05) is 39.8 Å². The number of hydrogen-bond acceptors (Lipinski definition) is 3. The van der Waals surface area contributed by atoms with E-state index >= 15 is 0 Å². The number of carbonyl (C=O) groups is 1. The van der Waals surface area contributed by atoms with Crippen LogP contribution >= 0.6 is 0 Å². The Hall–Kier alpha value is -1.58. The van der Waals surface area contributed by atoms with Gasteiger partial charge >= 0.3 is 6.09 Å². The zero-order chi connectivity index (χ0) is 13.8. The van der Waals surface area contributed by atoms with Crippen molar-refractivity contribution in [3.63, 3.8) is 0 Å². The van der Waals surface area contributed by atoms with Gasteiger partial charge in [0.25, 0.3) is 0 Å². The lowest BCUT2D eigenvalue weighted by Gasteiger charge is -2.30. The van der Waals surface area contributed by atoms with Crippen LogP contribution in [-0.4, -0.2) is 28.6 Å². The van der Waals surface area contributed by atoms with Crippen molar-refractivity contribution >= 4 is 6.09 Å². The van der Waals surface area contributed by atoms with Gasteiger partial charge in [-0.25, -0.2) is 4.79 Å². The molecule has 0 aliphatic heterocycles. The number of ether oxygens (including phenoxy) is 1. The van der Waals surface area contributed by atoms with Crippen LogP contribution in [0.2, 0.25) is 0 Å². The van der Waals surface area contributed by atoms with E-state index in [-0.39, 0.29) is 12.1 Å². The van der Waals surface area contributed by atoms with Crippen molar-refractivity contribution in [3.8, 4) is 0 Å². The lowest BCUT2D eigenvalue weighted by Crippen LogP contribution is -2.36. The number of amides is 1. The molecular weight excluding hydrogens is 228 g/mol. The zero-order valence-electron chi connectivity index (χ0n) is 11.8. The Bertz CT molecular complexity index is 385. The van der Waals surface area contributed by atoms with Gasteiger partial charge in [0.05, 0.1) is 6.04 Å². The largest absolute Gasteiger partial charge is 0.444 e. The van der Waals surface area contributed by atoms with E-state index in [0.29, 0.717) is 0 Å². The summed E-state index contributed by atoms with van der Waals surface area (Å²) in [5.74, 6) is 0. The molecule has 0 bridgehead atoms. The summed E-state index contributed by atoms with van der Waals surface area (Å²) in [6.07, 6.45) is 4.01. The fourth-order valence-electron chi connectivity index (χ4n) is 1.78. The van der Waals surface area contributed by atoms with E-state index in [0.717, 1.165) is 12.0 Å². The first-order chi connectivity index (χ1) is 8.35. The second-order valence-electron chi connectivity index (χ2n) is 5.30. The summed E-state index contributed by atoms with van der Waals surface area (Å²) in [5.41, 5.74) is 0.600. The summed E-state index contributed by atoms with van der Waals surface area (Å²) >= 11 is 0. The second kappa shape index (κ2) is 5.85. The monoisotopic (exact) mass is 250 g/mol. The lowest BCUT2D eigenvalue weighted by atomic mass is 10.1. The predicted octanol–water partition coefficient (Wildman–Crippen LogP) is 3.40. The Morgan fingerprint density at radius 1 is 1.39 bits per heavy atom. The molecule has 0 saturated heterocycles. The fraction of sp³-hybridized carbons (Fsp3) is 0.571. The first-order valence-electron chi connectivity index (χ1n) is 6.21. The van der Waals surface area contributed by atoms with Crippen molar-refractivity contribution in [1.29, 1.82) is 0 Å². The summed E-state index contributed by atoms with van der Waals surface area (Å²) in [6.45, 7) is 7.65. The minimum absolute atomic E-state index is 0.0165. The lowest BCUT2D eigenvalue weighted by molar-refractivity contribution is 0.0215. The number of hydrogen-bond donors (Lipinski definition) is 0. The van der Waals surface area contributed by atoms with Crippen molar-refractivity contribution in [2.24, 2.45) is 0 Å². The highest BCUT2D eigenvalue weighted by molar-refractivity contribution is 5.68. The number of carbonyl (C=O) groups excluding carboxylic acids is 1. The maximum absolute atomic E-state index is 12.0. The molecule has 1 heterocycles. The third kappa shape index (κ3) is 4.02. The molecule has 0 aromatic carbocycles. The third-order valence-corrected chi connectivity index (χ3v) is 2.63. The topological polar surface area (TPSA) is 42.4 Å². The van der Waals surface area contributed by atoms with Gasteiger partial charge in [-0.15, -0.1) is 0 Å². The van der Waals surface area contributed by atoms with E-state index in [1.165, 1.54) is 0 Å².